The zero-order valence-electron chi connectivity index (χ0n) is 19.7. The SMILES string of the molecule is CN=C(NCCCN1C(=O)C2C3C=CC(C3)C2C1=O)NCC(C)N1CCc2ccccc2C1. The van der Waals surface area contributed by atoms with Crippen molar-refractivity contribution in [1.82, 2.24) is 20.4 Å². The molecule has 2 heterocycles. The summed E-state index contributed by atoms with van der Waals surface area (Å²) in [5.41, 5.74) is 2.89. The van der Waals surface area contributed by atoms with Crippen LogP contribution in [0.3, 0.4) is 0 Å². The molecule has 7 heteroatoms. The maximum atomic E-state index is 12.8. The number of allylic oxidation sites excluding steroid dienone is 2. The molecule has 1 saturated carbocycles. The highest BCUT2D eigenvalue weighted by atomic mass is 16.2. The first-order valence-corrected chi connectivity index (χ1v) is 12.4. The van der Waals surface area contributed by atoms with E-state index < -0.39 is 0 Å². The second-order valence-corrected chi connectivity index (χ2v) is 9.90. The number of fused-ring (bicyclic) bond motifs is 6. The van der Waals surface area contributed by atoms with Crippen molar-refractivity contribution in [3.05, 3.63) is 47.5 Å². The number of hydrogen-bond acceptors (Lipinski definition) is 4. The molecule has 1 aromatic carbocycles. The van der Waals surface area contributed by atoms with Gasteiger partial charge in [0.2, 0.25) is 11.8 Å². The minimum absolute atomic E-state index is 0.0429. The molecule has 5 atom stereocenters. The van der Waals surface area contributed by atoms with Crippen molar-refractivity contribution in [3.63, 3.8) is 0 Å². The van der Waals surface area contributed by atoms with Crippen LogP contribution >= 0.6 is 0 Å². The van der Waals surface area contributed by atoms with Gasteiger partial charge in [0, 0.05) is 45.8 Å². The summed E-state index contributed by atoms with van der Waals surface area (Å²) in [6.45, 7) is 6.27. The Labute approximate surface area is 196 Å². The number of carbonyl (C=O) groups is 2. The Hall–Kier alpha value is -2.67. The minimum Gasteiger partial charge on any atom is -0.356 e. The lowest BCUT2D eigenvalue weighted by atomic mass is 9.85. The second kappa shape index (κ2) is 9.29. The van der Waals surface area contributed by atoms with Gasteiger partial charge in [0.25, 0.3) is 0 Å². The summed E-state index contributed by atoms with van der Waals surface area (Å²) in [6.07, 6.45) is 7.08. The molecular weight excluding hydrogens is 414 g/mol. The number of likely N-dealkylation sites (tertiary alicyclic amines) is 1. The number of nitrogens with one attached hydrogen (secondary N) is 2. The highest BCUT2D eigenvalue weighted by molar-refractivity contribution is 6.06. The molecule has 0 radical (unpaired) electrons. The van der Waals surface area contributed by atoms with Crippen LogP contribution in [0.15, 0.2) is 41.4 Å². The van der Waals surface area contributed by atoms with E-state index in [0.29, 0.717) is 19.1 Å². The van der Waals surface area contributed by atoms with Crippen molar-refractivity contribution in [2.75, 3.05) is 33.2 Å². The van der Waals surface area contributed by atoms with Crippen molar-refractivity contribution < 1.29 is 9.59 Å². The molecule has 5 rings (SSSR count). The summed E-state index contributed by atoms with van der Waals surface area (Å²) >= 11 is 0. The van der Waals surface area contributed by atoms with Crippen molar-refractivity contribution in [3.8, 4) is 0 Å². The third kappa shape index (κ3) is 4.19. The van der Waals surface area contributed by atoms with E-state index in [9.17, 15) is 9.59 Å². The Balaban J connectivity index is 1.04. The zero-order valence-corrected chi connectivity index (χ0v) is 19.7. The highest BCUT2D eigenvalue weighted by Crippen LogP contribution is 2.52. The Morgan fingerprint density at radius 1 is 1.09 bits per heavy atom. The van der Waals surface area contributed by atoms with Crippen LogP contribution in [0.1, 0.15) is 30.9 Å². The smallest absolute Gasteiger partial charge is 0.233 e. The zero-order chi connectivity index (χ0) is 22.9. The fraction of sp³-hybridized carbons (Fsp3) is 0.577. The fourth-order valence-corrected chi connectivity index (χ4v) is 6.12. The molecule has 4 aliphatic rings. The van der Waals surface area contributed by atoms with E-state index in [1.54, 1.807) is 7.05 Å². The van der Waals surface area contributed by atoms with Crippen LogP contribution < -0.4 is 10.6 Å². The molecule has 0 spiro atoms. The van der Waals surface area contributed by atoms with Gasteiger partial charge < -0.3 is 10.6 Å². The molecule has 1 saturated heterocycles. The number of rotatable bonds is 7. The first-order chi connectivity index (χ1) is 16.1. The van der Waals surface area contributed by atoms with E-state index in [-0.39, 0.29) is 35.5 Å². The van der Waals surface area contributed by atoms with Gasteiger partial charge in [0.1, 0.15) is 0 Å². The Morgan fingerprint density at radius 2 is 1.79 bits per heavy atom. The molecule has 2 N–H and O–H groups in total. The van der Waals surface area contributed by atoms with Crippen molar-refractivity contribution in [1.29, 1.82) is 0 Å². The monoisotopic (exact) mass is 449 g/mol. The predicted molar refractivity (Wildman–Crippen MR) is 128 cm³/mol. The van der Waals surface area contributed by atoms with Gasteiger partial charge in [0.05, 0.1) is 11.8 Å². The van der Waals surface area contributed by atoms with Crippen LogP contribution in [0.2, 0.25) is 0 Å². The lowest BCUT2D eigenvalue weighted by molar-refractivity contribution is -0.140. The van der Waals surface area contributed by atoms with Crippen molar-refractivity contribution in [2.45, 2.75) is 38.8 Å². The van der Waals surface area contributed by atoms with Gasteiger partial charge in [-0.25, -0.2) is 0 Å². The summed E-state index contributed by atoms with van der Waals surface area (Å²) in [6, 6.07) is 9.09. The number of benzene rings is 1. The minimum atomic E-state index is -0.0990. The van der Waals surface area contributed by atoms with Gasteiger partial charge in [0.15, 0.2) is 5.96 Å². The fourth-order valence-electron chi connectivity index (χ4n) is 6.12. The van der Waals surface area contributed by atoms with Gasteiger partial charge in [-0.05, 0) is 49.1 Å². The van der Waals surface area contributed by atoms with Gasteiger partial charge >= 0.3 is 0 Å². The molecule has 2 aliphatic carbocycles. The predicted octanol–water partition coefficient (Wildman–Crippen LogP) is 1.80. The quantitative estimate of drug-likeness (QED) is 0.218. The van der Waals surface area contributed by atoms with Crippen LogP contribution in [0, 0.1) is 23.7 Å². The summed E-state index contributed by atoms with van der Waals surface area (Å²) < 4.78 is 0. The first-order valence-electron chi connectivity index (χ1n) is 12.4. The number of aliphatic imine (C=N–C) groups is 1. The Morgan fingerprint density at radius 3 is 2.48 bits per heavy atom. The van der Waals surface area contributed by atoms with Crippen LogP contribution in [0.4, 0.5) is 0 Å². The summed E-state index contributed by atoms with van der Waals surface area (Å²) in [7, 11) is 1.77. The van der Waals surface area contributed by atoms with E-state index in [1.807, 2.05) is 0 Å². The number of carbonyl (C=O) groups excluding carboxylic acids is 2. The average molecular weight is 450 g/mol. The van der Waals surface area contributed by atoms with Crippen LogP contribution in [0.5, 0.6) is 0 Å². The van der Waals surface area contributed by atoms with E-state index >= 15 is 0 Å². The van der Waals surface area contributed by atoms with Crippen LogP contribution in [0.25, 0.3) is 0 Å². The third-order valence-corrected chi connectivity index (χ3v) is 7.98. The molecule has 2 aliphatic heterocycles. The van der Waals surface area contributed by atoms with E-state index in [0.717, 1.165) is 44.9 Å². The summed E-state index contributed by atoms with van der Waals surface area (Å²) in [5.74, 6) is 1.20. The maximum absolute atomic E-state index is 12.8. The molecule has 2 bridgehead atoms. The number of guanidine groups is 1. The number of nitrogens with zero attached hydrogens (tertiary/aromatic N) is 3. The van der Waals surface area contributed by atoms with Gasteiger partial charge in [-0.15, -0.1) is 0 Å². The van der Waals surface area contributed by atoms with E-state index in [4.69, 9.17) is 0 Å². The highest BCUT2D eigenvalue weighted by Gasteiger charge is 2.58. The average Bonchev–Trinajstić information content (AvgIpc) is 3.52. The molecule has 1 aromatic rings. The molecular formula is C26H35N5O2. The van der Waals surface area contributed by atoms with Crippen LogP contribution in [-0.2, 0) is 22.6 Å². The Bertz CT molecular complexity index is 943. The lowest BCUT2D eigenvalue weighted by Crippen LogP contribution is -2.47. The Kier molecular flexibility index (Phi) is 6.23. The van der Waals surface area contributed by atoms with Gasteiger partial charge in [-0.2, -0.15) is 0 Å². The first kappa shape index (κ1) is 22.1. The number of amides is 2. The third-order valence-electron chi connectivity index (χ3n) is 7.98. The van der Waals surface area contributed by atoms with Gasteiger partial charge in [-0.1, -0.05) is 36.4 Å². The van der Waals surface area contributed by atoms with E-state index in [2.05, 4.69) is 63.9 Å². The van der Waals surface area contributed by atoms with Crippen LogP contribution in [-0.4, -0.2) is 66.8 Å². The topological polar surface area (TPSA) is 77.0 Å². The molecule has 176 valence electrons. The summed E-state index contributed by atoms with van der Waals surface area (Å²) in [4.78, 5) is 33.9. The molecule has 5 unspecified atom stereocenters. The largest absolute Gasteiger partial charge is 0.356 e. The lowest BCUT2D eigenvalue weighted by Gasteiger charge is -2.34. The van der Waals surface area contributed by atoms with Crippen molar-refractivity contribution >= 4 is 17.8 Å². The molecule has 0 aromatic heterocycles. The molecule has 7 nitrogen and oxygen atoms in total. The normalized spacial score (nSPS) is 29.4. The maximum Gasteiger partial charge on any atom is 0.233 e. The standard InChI is InChI=1S/C26H35N5O2/c1-17(30-13-10-18-6-3-4-7-21(18)16-30)15-29-26(27-2)28-11-5-12-31-24(32)22-19-8-9-20(14-19)23(22)25(31)33/h3-4,6-9,17,19-20,22-23H,5,10-16H2,1-2H3,(H2,27,28,29). The molecule has 2 fully saturated rings. The number of hydrogen-bond donors (Lipinski definition) is 2. The number of imide groups is 1. The van der Waals surface area contributed by atoms with E-state index in [1.165, 1.54) is 16.0 Å². The second-order valence-electron chi connectivity index (χ2n) is 9.90. The molecule has 2 amide bonds. The van der Waals surface area contributed by atoms with Gasteiger partial charge in [-0.3, -0.25) is 24.4 Å². The summed E-state index contributed by atoms with van der Waals surface area (Å²) in [5, 5.41) is 6.77. The van der Waals surface area contributed by atoms with Crippen molar-refractivity contribution in [2.24, 2.45) is 28.7 Å². The molecule has 33 heavy (non-hydrogen) atoms.